The molecule has 7 heteroatoms. The first-order valence-electron chi connectivity index (χ1n) is 8.98. The number of methoxy groups -OCH3 is 1. The van der Waals surface area contributed by atoms with Gasteiger partial charge in [-0.15, -0.1) is 0 Å². The maximum Gasteiger partial charge on any atom is 0.328 e. The van der Waals surface area contributed by atoms with Gasteiger partial charge in [0, 0.05) is 18.1 Å². The van der Waals surface area contributed by atoms with E-state index in [9.17, 15) is 9.59 Å². The number of hydrogen-bond donors (Lipinski definition) is 1. The Balaban J connectivity index is 2.04. The molecular weight excluding hydrogens is 362 g/mol. The van der Waals surface area contributed by atoms with Gasteiger partial charge in [-0.2, -0.15) is 0 Å². The lowest BCUT2D eigenvalue weighted by Crippen LogP contribution is -2.46. The number of nitrogens with zero attached hydrogens (tertiary/aromatic N) is 2. The van der Waals surface area contributed by atoms with Crippen LogP contribution in [0.5, 0.6) is 0 Å². The van der Waals surface area contributed by atoms with Gasteiger partial charge in [-0.25, -0.2) is 9.78 Å². The average Bonchev–Trinajstić information content (AvgIpc) is 3.14. The van der Waals surface area contributed by atoms with Crippen LogP contribution in [0, 0.1) is 19.8 Å². The third-order valence-electron chi connectivity index (χ3n) is 4.69. The summed E-state index contributed by atoms with van der Waals surface area (Å²) in [7, 11) is 1.33. The molecule has 0 radical (unpaired) electrons. The predicted octanol–water partition coefficient (Wildman–Crippen LogP) is 3.29. The highest BCUT2D eigenvalue weighted by atomic mass is 32.2. The molecule has 0 spiro atoms. The van der Waals surface area contributed by atoms with Crippen LogP contribution in [-0.4, -0.2) is 40.3 Å². The van der Waals surface area contributed by atoms with Gasteiger partial charge in [0.1, 0.15) is 6.04 Å². The molecule has 1 N–H and O–H groups in total. The van der Waals surface area contributed by atoms with Crippen LogP contribution in [0.25, 0.3) is 5.69 Å². The van der Waals surface area contributed by atoms with Crippen molar-refractivity contribution < 1.29 is 14.3 Å². The Morgan fingerprint density at radius 3 is 2.67 bits per heavy atom. The number of carbonyl (C=O) groups excluding carboxylic acids is 2. The second kappa shape index (κ2) is 9.60. The summed E-state index contributed by atoms with van der Waals surface area (Å²) in [4.78, 5) is 28.6. The SMILES string of the molecule is CC[C@@H](C)[C@H](NC(=O)CSc1nccn1-c1ccc(C)c(C)c1)C(=O)OC. The van der Waals surface area contributed by atoms with Gasteiger partial charge in [0.25, 0.3) is 0 Å². The number of amides is 1. The van der Waals surface area contributed by atoms with Gasteiger partial charge in [0.2, 0.25) is 5.91 Å². The minimum atomic E-state index is -0.632. The van der Waals surface area contributed by atoms with Crippen molar-refractivity contribution in [1.29, 1.82) is 0 Å². The molecule has 1 aromatic heterocycles. The minimum Gasteiger partial charge on any atom is -0.467 e. The Bertz CT molecular complexity index is 804. The highest BCUT2D eigenvalue weighted by Crippen LogP contribution is 2.22. The van der Waals surface area contributed by atoms with Gasteiger partial charge in [0.05, 0.1) is 12.9 Å². The zero-order chi connectivity index (χ0) is 20.0. The van der Waals surface area contributed by atoms with E-state index < -0.39 is 12.0 Å². The summed E-state index contributed by atoms with van der Waals surface area (Å²) in [5.74, 6) is -0.459. The van der Waals surface area contributed by atoms with Crippen LogP contribution in [0.3, 0.4) is 0 Å². The maximum absolute atomic E-state index is 12.4. The summed E-state index contributed by atoms with van der Waals surface area (Å²) in [6.45, 7) is 8.03. The molecule has 2 atom stereocenters. The van der Waals surface area contributed by atoms with Gasteiger partial charge in [-0.05, 0) is 43.0 Å². The van der Waals surface area contributed by atoms with Crippen LogP contribution in [0.15, 0.2) is 35.7 Å². The molecule has 27 heavy (non-hydrogen) atoms. The normalized spacial score (nSPS) is 13.1. The standard InChI is InChI=1S/C20H27N3O3S/c1-6-13(2)18(19(25)26-5)22-17(24)12-27-20-21-9-10-23(20)16-8-7-14(3)15(4)11-16/h7-11,13,18H,6,12H2,1-5H3,(H,22,24)/t13-,18+/m1/s1. The topological polar surface area (TPSA) is 73.2 Å². The summed E-state index contributed by atoms with van der Waals surface area (Å²) in [6, 6.07) is 5.56. The number of aryl methyl sites for hydroxylation is 2. The van der Waals surface area contributed by atoms with Crippen molar-refractivity contribution in [3.63, 3.8) is 0 Å². The fraction of sp³-hybridized carbons (Fsp3) is 0.450. The quantitative estimate of drug-likeness (QED) is 0.554. The van der Waals surface area contributed by atoms with Crippen LogP contribution < -0.4 is 5.32 Å². The lowest BCUT2D eigenvalue weighted by molar-refractivity contribution is -0.146. The van der Waals surface area contributed by atoms with E-state index in [-0.39, 0.29) is 17.6 Å². The van der Waals surface area contributed by atoms with E-state index in [0.717, 1.165) is 17.3 Å². The van der Waals surface area contributed by atoms with Gasteiger partial charge in [-0.3, -0.25) is 9.36 Å². The van der Waals surface area contributed by atoms with Crippen molar-refractivity contribution in [2.24, 2.45) is 5.92 Å². The molecule has 0 saturated carbocycles. The molecule has 0 fully saturated rings. The monoisotopic (exact) mass is 389 g/mol. The lowest BCUT2D eigenvalue weighted by atomic mass is 9.99. The number of nitrogens with one attached hydrogen (secondary N) is 1. The minimum absolute atomic E-state index is 0.00363. The Kier molecular flexibility index (Phi) is 7.47. The second-order valence-corrected chi connectivity index (χ2v) is 7.53. The Hall–Kier alpha value is -2.28. The van der Waals surface area contributed by atoms with E-state index in [1.54, 1.807) is 6.20 Å². The van der Waals surface area contributed by atoms with E-state index in [0.29, 0.717) is 0 Å². The van der Waals surface area contributed by atoms with E-state index in [4.69, 9.17) is 4.74 Å². The van der Waals surface area contributed by atoms with Gasteiger partial charge in [-0.1, -0.05) is 38.1 Å². The number of hydrogen-bond acceptors (Lipinski definition) is 5. The summed E-state index contributed by atoms with van der Waals surface area (Å²) in [6.07, 6.45) is 4.36. The molecule has 0 bridgehead atoms. The van der Waals surface area contributed by atoms with Crippen LogP contribution in [0.4, 0.5) is 0 Å². The van der Waals surface area contributed by atoms with E-state index in [2.05, 4.69) is 36.3 Å². The van der Waals surface area contributed by atoms with Crippen molar-refractivity contribution >= 4 is 23.6 Å². The number of rotatable bonds is 8. The van der Waals surface area contributed by atoms with Crippen molar-refractivity contribution in [2.45, 2.75) is 45.3 Å². The number of thioether (sulfide) groups is 1. The fourth-order valence-corrected chi connectivity index (χ4v) is 3.39. The summed E-state index contributed by atoms with van der Waals surface area (Å²) < 4.78 is 6.76. The first-order valence-corrected chi connectivity index (χ1v) is 9.96. The summed E-state index contributed by atoms with van der Waals surface area (Å²) >= 11 is 1.34. The molecular formula is C20H27N3O3S. The maximum atomic E-state index is 12.4. The fourth-order valence-electron chi connectivity index (χ4n) is 2.61. The van der Waals surface area contributed by atoms with Gasteiger partial charge < -0.3 is 10.1 Å². The molecule has 0 aliphatic heterocycles. The molecule has 2 aromatic rings. The van der Waals surface area contributed by atoms with Crippen molar-refractivity contribution in [1.82, 2.24) is 14.9 Å². The third-order valence-corrected chi connectivity index (χ3v) is 5.66. The molecule has 6 nitrogen and oxygen atoms in total. The molecule has 0 aliphatic rings. The highest BCUT2D eigenvalue weighted by molar-refractivity contribution is 7.99. The Morgan fingerprint density at radius 2 is 2.04 bits per heavy atom. The highest BCUT2D eigenvalue weighted by Gasteiger charge is 2.26. The number of ether oxygens (including phenoxy) is 1. The zero-order valence-electron chi connectivity index (χ0n) is 16.5. The Labute approximate surface area is 164 Å². The smallest absolute Gasteiger partial charge is 0.328 e. The number of benzene rings is 1. The van der Waals surface area contributed by atoms with Gasteiger partial charge >= 0.3 is 5.97 Å². The molecule has 1 aromatic carbocycles. The van der Waals surface area contributed by atoms with Crippen molar-refractivity contribution in [3.05, 3.63) is 41.7 Å². The predicted molar refractivity (Wildman–Crippen MR) is 107 cm³/mol. The molecule has 1 amide bonds. The average molecular weight is 390 g/mol. The number of carbonyl (C=O) groups is 2. The molecule has 1 heterocycles. The van der Waals surface area contributed by atoms with Crippen LogP contribution >= 0.6 is 11.8 Å². The number of esters is 1. The molecule has 0 unspecified atom stereocenters. The second-order valence-electron chi connectivity index (χ2n) is 6.59. The van der Waals surface area contributed by atoms with Crippen LogP contribution in [-0.2, 0) is 14.3 Å². The van der Waals surface area contributed by atoms with E-state index in [1.807, 2.05) is 30.7 Å². The largest absolute Gasteiger partial charge is 0.467 e. The third kappa shape index (κ3) is 5.35. The van der Waals surface area contributed by atoms with E-state index >= 15 is 0 Å². The van der Waals surface area contributed by atoms with Crippen molar-refractivity contribution in [3.8, 4) is 5.69 Å². The van der Waals surface area contributed by atoms with Crippen LogP contribution in [0.2, 0.25) is 0 Å². The summed E-state index contributed by atoms with van der Waals surface area (Å²) in [5.41, 5.74) is 3.43. The first-order chi connectivity index (χ1) is 12.9. The molecule has 2 rings (SSSR count). The molecule has 0 aliphatic carbocycles. The molecule has 146 valence electrons. The van der Waals surface area contributed by atoms with Crippen LogP contribution in [0.1, 0.15) is 31.4 Å². The van der Waals surface area contributed by atoms with Crippen molar-refractivity contribution in [2.75, 3.05) is 12.9 Å². The lowest BCUT2D eigenvalue weighted by Gasteiger charge is -2.21. The summed E-state index contributed by atoms with van der Waals surface area (Å²) in [5, 5.41) is 3.51. The molecule has 0 saturated heterocycles. The number of imidazole rings is 1. The number of aromatic nitrogens is 2. The Morgan fingerprint density at radius 1 is 1.30 bits per heavy atom. The van der Waals surface area contributed by atoms with Gasteiger partial charge in [0.15, 0.2) is 5.16 Å². The first kappa shape index (κ1) is 21.0. The van der Waals surface area contributed by atoms with E-state index in [1.165, 1.54) is 30.0 Å². The zero-order valence-corrected chi connectivity index (χ0v) is 17.3.